The number of aromatic amines is 1. The van der Waals surface area contributed by atoms with E-state index in [1.165, 1.54) is 7.11 Å². The van der Waals surface area contributed by atoms with Crippen LogP contribution < -0.4 is 0 Å². The van der Waals surface area contributed by atoms with Gasteiger partial charge in [0.2, 0.25) is 0 Å². The maximum absolute atomic E-state index is 12.5. The molecule has 0 saturated carbocycles. The maximum Gasteiger partial charge on any atom is 0.355 e. The van der Waals surface area contributed by atoms with Gasteiger partial charge in [-0.05, 0) is 30.7 Å². The van der Waals surface area contributed by atoms with Gasteiger partial charge in [0.05, 0.1) is 18.7 Å². The Labute approximate surface area is 178 Å². The monoisotopic (exact) mass is 431 g/mol. The Morgan fingerprint density at radius 1 is 1.14 bits per heavy atom. The first kappa shape index (κ1) is 21.0. The van der Waals surface area contributed by atoms with Crippen molar-refractivity contribution >= 4 is 52.1 Å². The number of benzene rings is 2. The van der Waals surface area contributed by atoms with E-state index in [9.17, 15) is 9.59 Å². The van der Waals surface area contributed by atoms with Gasteiger partial charge >= 0.3 is 11.9 Å². The van der Waals surface area contributed by atoms with Crippen molar-refractivity contribution in [1.82, 2.24) is 4.98 Å². The van der Waals surface area contributed by atoms with Crippen molar-refractivity contribution in [1.29, 1.82) is 0 Å². The maximum atomic E-state index is 12.5. The number of hydrogen-bond donors (Lipinski definition) is 1. The molecule has 0 aliphatic heterocycles. The van der Waals surface area contributed by atoms with Gasteiger partial charge < -0.3 is 14.5 Å². The van der Waals surface area contributed by atoms with Crippen molar-refractivity contribution in [3.63, 3.8) is 0 Å². The van der Waals surface area contributed by atoms with Crippen molar-refractivity contribution in [2.24, 2.45) is 0 Å². The van der Waals surface area contributed by atoms with E-state index in [-0.39, 0.29) is 12.3 Å². The van der Waals surface area contributed by atoms with E-state index in [0.717, 1.165) is 5.56 Å². The van der Waals surface area contributed by atoms with E-state index in [2.05, 4.69) is 4.98 Å². The molecule has 5 nitrogen and oxygen atoms in total. The van der Waals surface area contributed by atoms with Crippen LogP contribution in [-0.2, 0) is 20.7 Å². The lowest BCUT2D eigenvalue weighted by atomic mass is 10.0. The highest BCUT2D eigenvalue weighted by Gasteiger charge is 2.22. The zero-order chi connectivity index (χ0) is 21.0. The fourth-order valence-electron chi connectivity index (χ4n) is 3.08. The fraction of sp³-hybridized carbons (Fsp3) is 0.182. The minimum atomic E-state index is -0.550. The molecular weight excluding hydrogens is 413 g/mol. The van der Waals surface area contributed by atoms with Crippen molar-refractivity contribution in [3.05, 3.63) is 74.9 Å². The Kier molecular flexibility index (Phi) is 6.62. The molecular formula is C22H19Cl2NO4. The number of carbonyl (C=O) groups is 2. The summed E-state index contributed by atoms with van der Waals surface area (Å²) in [6.45, 7) is 1.93. The number of fused-ring (bicyclic) bond motifs is 1. The molecule has 0 aliphatic rings. The Hall–Kier alpha value is -2.76. The molecule has 2 aromatic carbocycles. The molecule has 1 heterocycles. The summed E-state index contributed by atoms with van der Waals surface area (Å²) < 4.78 is 10.1. The van der Waals surface area contributed by atoms with Crippen LogP contribution in [0.25, 0.3) is 17.0 Å². The van der Waals surface area contributed by atoms with E-state index in [1.807, 2.05) is 30.3 Å². The van der Waals surface area contributed by atoms with Crippen molar-refractivity contribution in [2.75, 3.05) is 13.7 Å². The molecule has 0 radical (unpaired) electrons. The number of ether oxygens (including phenoxy) is 2. The van der Waals surface area contributed by atoms with E-state index < -0.39 is 11.9 Å². The largest absolute Gasteiger partial charge is 0.466 e. The van der Waals surface area contributed by atoms with Crippen LogP contribution in [0.4, 0.5) is 0 Å². The number of carbonyl (C=O) groups excluding carboxylic acids is 2. The van der Waals surface area contributed by atoms with Crippen LogP contribution in [-0.4, -0.2) is 30.6 Å². The third-order valence-electron chi connectivity index (χ3n) is 4.34. The fourth-order valence-corrected chi connectivity index (χ4v) is 3.68. The van der Waals surface area contributed by atoms with Gasteiger partial charge in [0.25, 0.3) is 0 Å². The van der Waals surface area contributed by atoms with Gasteiger partial charge in [-0.15, -0.1) is 0 Å². The Bertz CT molecular complexity index is 1090. The van der Waals surface area contributed by atoms with Gasteiger partial charge in [-0.1, -0.05) is 53.5 Å². The van der Waals surface area contributed by atoms with Crippen molar-refractivity contribution < 1.29 is 19.1 Å². The average Bonchev–Trinajstić information content (AvgIpc) is 3.06. The molecule has 150 valence electrons. The Balaban J connectivity index is 2.22. The van der Waals surface area contributed by atoms with Crippen LogP contribution in [0.5, 0.6) is 0 Å². The second-order valence-electron chi connectivity index (χ2n) is 6.27. The predicted octanol–water partition coefficient (Wildman–Crippen LogP) is 5.45. The Morgan fingerprint density at radius 3 is 2.52 bits per heavy atom. The molecule has 0 atom stereocenters. The lowest BCUT2D eigenvalue weighted by Gasteiger charge is -2.08. The van der Waals surface area contributed by atoms with E-state index in [1.54, 1.807) is 25.1 Å². The molecule has 0 aliphatic carbocycles. The van der Waals surface area contributed by atoms with Crippen LogP contribution in [0.15, 0.2) is 48.0 Å². The van der Waals surface area contributed by atoms with Crippen LogP contribution in [0.2, 0.25) is 10.0 Å². The SMILES string of the molecule is CCOC(=O)c1[nH]c2cc(Cl)cc(Cl)c2c1/C=C(/Cc1ccccc1)C(=O)OC. The second-order valence-corrected chi connectivity index (χ2v) is 7.11. The zero-order valence-electron chi connectivity index (χ0n) is 15.9. The smallest absolute Gasteiger partial charge is 0.355 e. The van der Waals surface area contributed by atoms with Crippen molar-refractivity contribution in [3.8, 4) is 0 Å². The summed E-state index contributed by atoms with van der Waals surface area (Å²) in [6, 6.07) is 12.7. The van der Waals surface area contributed by atoms with Crippen LogP contribution in [0, 0.1) is 0 Å². The topological polar surface area (TPSA) is 68.4 Å². The number of aromatic nitrogens is 1. The molecule has 0 saturated heterocycles. The first-order chi connectivity index (χ1) is 13.9. The van der Waals surface area contributed by atoms with E-state index in [4.69, 9.17) is 32.7 Å². The normalized spacial score (nSPS) is 11.5. The lowest BCUT2D eigenvalue weighted by Crippen LogP contribution is -2.09. The number of H-pyrrole nitrogens is 1. The minimum Gasteiger partial charge on any atom is -0.466 e. The summed E-state index contributed by atoms with van der Waals surface area (Å²) in [7, 11) is 1.31. The van der Waals surface area contributed by atoms with Crippen LogP contribution in [0.3, 0.4) is 0 Å². The Morgan fingerprint density at radius 2 is 1.86 bits per heavy atom. The molecule has 29 heavy (non-hydrogen) atoms. The highest BCUT2D eigenvalue weighted by atomic mass is 35.5. The number of methoxy groups -OCH3 is 1. The quantitative estimate of drug-likeness (QED) is 0.416. The number of halogens is 2. The molecule has 0 spiro atoms. The standard InChI is InChI=1S/C22H19Cl2NO4/c1-3-29-22(27)20-16(19-17(24)11-15(23)12-18(19)25-20)10-14(21(26)28-2)9-13-7-5-4-6-8-13/h4-8,10-12,25H,3,9H2,1-2H3/b14-10-. The molecule has 0 fully saturated rings. The first-order valence-electron chi connectivity index (χ1n) is 8.95. The number of esters is 2. The highest BCUT2D eigenvalue weighted by Crippen LogP contribution is 2.34. The number of hydrogen-bond acceptors (Lipinski definition) is 4. The summed E-state index contributed by atoms with van der Waals surface area (Å²) in [6.07, 6.45) is 1.94. The minimum absolute atomic E-state index is 0.195. The molecule has 0 bridgehead atoms. The molecule has 7 heteroatoms. The van der Waals surface area contributed by atoms with Crippen LogP contribution >= 0.6 is 23.2 Å². The van der Waals surface area contributed by atoms with E-state index >= 15 is 0 Å². The second kappa shape index (κ2) is 9.16. The molecule has 0 amide bonds. The van der Waals surface area contributed by atoms with Gasteiger partial charge in [-0.2, -0.15) is 0 Å². The predicted molar refractivity (Wildman–Crippen MR) is 114 cm³/mol. The van der Waals surface area contributed by atoms with Gasteiger partial charge in [0, 0.05) is 33.5 Å². The van der Waals surface area contributed by atoms with E-state index in [0.29, 0.717) is 38.5 Å². The molecule has 3 rings (SSSR count). The summed E-state index contributed by atoms with van der Waals surface area (Å²) >= 11 is 12.5. The third kappa shape index (κ3) is 4.63. The summed E-state index contributed by atoms with van der Waals surface area (Å²) in [5.74, 6) is -1.05. The summed E-state index contributed by atoms with van der Waals surface area (Å²) in [5, 5.41) is 1.36. The zero-order valence-corrected chi connectivity index (χ0v) is 17.4. The lowest BCUT2D eigenvalue weighted by molar-refractivity contribution is -0.136. The van der Waals surface area contributed by atoms with Crippen LogP contribution in [0.1, 0.15) is 28.5 Å². The number of rotatable bonds is 6. The van der Waals surface area contributed by atoms with Gasteiger partial charge in [0.15, 0.2) is 0 Å². The molecule has 0 unspecified atom stereocenters. The number of nitrogens with one attached hydrogen (secondary N) is 1. The summed E-state index contributed by atoms with van der Waals surface area (Å²) in [5.41, 5.74) is 2.52. The molecule has 1 N–H and O–H groups in total. The summed E-state index contributed by atoms with van der Waals surface area (Å²) in [4.78, 5) is 28.0. The first-order valence-corrected chi connectivity index (χ1v) is 9.70. The molecule has 1 aromatic heterocycles. The third-order valence-corrected chi connectivity index (χ3v) is 4.85. The highest BCUT2D eigenvalue weighted by molar-refractivity contribution is 6.39. The van der Waals surface area contributed by atoms with Crippen molar-refractivity contribution in [2.45, 2.75) is 13.3 Å². The van der Waals surface area contributed by atoms with Gasteiger partial charge in [0.1, 0.15) is 5.69 Å². The average molecular weight is 432 g/mol. The van der Waals surface area contributed by atoms with Gasteiger partial charge in [-0.3, -0.25) is 0 Å². The van der Waals surface area contributed by atoms with Gasteiger partial charge in [-0.25, -0.2) is 9.59 Å². The molecule has 3 aromatic rings.